The lowest BCUT2D eigenvalue weighted by atomic mass is 10.1. The van der Waals surface area contributed by atoms with E-state index in [4.69, 9.17) is 11.6 Å². The van der Waals surface area contributed by atoms with Crippen LogP contribution in [-0.2, 0) is 4.79 Å². The number of imide groups is 1. The molecule has 2 N–H and O–H groups in total. The van der Waals surface area contributed by atoms with E-state index >= 15 is 0 Å². The van der Waals surface area contributed by atoms with E-state index in [1.165, 1.54) is 40.9 Å². The van der Waals surface area contributed by atoms with Crippen LogP contribution >= 0.6 is 23.4 Å². The number of hydrogen-bond acceptors (Lipinski definition) is 5. The molecule has 0 saturated carbocycles. The molecule has 0 radical (unpaired) electrons. The van der Waals surface area contributed by atoms with Crippen molar-refractivity contribution in [3.8, 4) is 0 Å². The molecule has 0 saturated heterocycles. The maximum atomic E-state index is 14.5. The van der Waals surface area contributed by atoms with E-state index in [9.17, 15) is 23.6 Å². The quantitative estimate of drug-likeness (QED) is 0.145. The Kier molecular flexibility index (Phi) is 8.28. The van der Waals surface area contributed by atoms with Crippen LogP contribution in [0.15, 0.2) is 108 Å². The first-order valence-electron chi connectivity index (χ1n) is 12.3. The molecule has 7 nitrogen and oxygen atoms in total. The van der Waals surface area contributed by atoms with Crippen LogP contribution < -0.4 is 10.6 Å². The third-order valence-corrected chi connectivity index (χ3v) is 7.45. The van der Waals surface area contributed by atoms with Crippen molar-refractivity contribution in [3.63, 3.8) is 0 Å². The monoisotopic (exact) mass is 585 g/mol. The first-order chi connectivity index (χ1) is 19.8. The van der Waals surface area contributed by atoms with Crippen molar-refractivity contribution in [2.45, 2.75) is 4.90 Å². The molecule has 4 amide bonds. The zero-order valence-electron chi connectivity index (χ0n) is 21.3. The molecule has 0 atom stereocenters. The number of benzene rings is 4. The average Bonchev–Trinajstić information content (AvgIpc) is 3.22. The summed E-state index contributed by atoms with van der Waals surface area (Å²) in [7, 11) is 0. The number of anilines is 1. The van der Waals surface area contributed by atoms with Gasteiger partial charge in [0, 0.05) is 21.7 Å². The molecule has 4 aromatic carbocycles. The van der Waals surface area contributed by atoms with Gasteiger partial charge in [-0.15, -0.1) is 11.8 Å². The highest BCUT2D eigenvalue weighted by atomic mass is 35.5. The van der Waals surface area contributed by atoms with E-state index in [0.717, 1.165) is 0 Å². The standard InChI is InChI=1S/C31H21ClFN3O4S/c32-25-14-7-15-26(33)24(25)17-27(35-28(37)19-8-2-1-3-9-19)29(38)34-20-10-6-11-21(16-20)41-18-36-30(39)22-12-4-5-13-23(22)31(36)40/h1-17H,18H2,(H,34,38)(H,35,37)/b27-17-. The minimum atomic E-state index is -0.712. The lowest BCUT2D eigenvalue weighted by Crippen LogP contribution is -2.30. The maximum Gasteiger partial charge on any atom is 0.272 e. The van der Waals surface area contributed by atoms with Gasteiger partial charge in [0.2, 0.25) is 0 Å². The first-order valence-corrected chi connectivity index (χ1v) is 13.7. The van der Waals surface area contributed by atoms with Crippen molar-refractivity contribution < 1.29 is 23.6 Å². The Hall–Kier alpha value is -4.73. The van der Waals surface area contributed by atoms with Crippen molar-refractivity contribution in [1.29, 1.82) is 0 Å². The van der Waals surface area contributed by atoms with Crippen LogP contribution in [0.3, 0.4) is 0 Å². The molecule has 0 bridgehead atoms. The smallest absolute Gasteiger partial charge is 0.272 e. The number of nitrogens with one attached hydrogen (secondary N) is 2. The normalized spacial score (nSPS) is 12.7. The summed E-state index contributed by atoms with van der Waals surface area (Å²) in [6.07, 6.45) is 1.18. The highest BCUT2D eigenvalue weighted by Gasteiger charge is 2.34. The Labute approximate surface area is 244 Å². The van der Waals surface area contributed by atoms with Crippen molar-refractivity contribution in [3.05, 3.63) is 136 Å². The van der Waals surface area contributed by atoms with Gasteiger partial charge in [0.15, 0.2) is 0 Å². The third-order valence-electron chi connectivity index (χ3n) is 6.15. The predicted octanol–water partition coefficient (Wildman–Crippen LogP) is 6.23. The molecule has 204 valence electrons. The van der Waals surface area contributed by atoms with Gasteiger partial charge in [0.1, 0.15) is 11.5 Å². The summed E-state index contributed by atoms with van der Waals surface area (Å²) >= 11 is 7.41. The van der Waals surface area contributed by atoms with Gasteiger partial charge in [-0.2, -0.15) is 0 Å². The largest absolute Gasteiger partial charge is 0.321 e. The molecule has 1 aliphatic rings. The van der Waals surface area contributed by atoms with Crippen LogP contribution in [0.5, 0.6) is 0 Å². The SMILES string of the molecule is O=C(Nc1cccc(SCN2C(=O)c3ccccc3C2=O)c1)/C(=C/c1c(F)cccc1Cl)NC(=O)c1ccccc1. The minimum absolute atomic E-state index is 0.0575. The molecule has 0 spiro atoms. The first kappa shape index (κ1) is 27.8. The minimum Gasteiger partial charge on any atom is -0.321 e. The summed E-state index contributed by atoms with van der Waals surface area (Å²) in [5.41, 5.74) is 1.13. The molecule has 4 aromatic rings. The van der Waals surface area contributed by atoms with E-state index in [0.29, 0.717) is 27.3 Å². The topological polar surface area (TPSA) is 95.6 Å². The average molecular weight is 586 g/mol. The van der Waals surface area contributed by atoms with Gasteiger partial charge in [-0.3, -0.25) is 24.1 Å². The van der Waals surface area contributed by atoms with Gasteiger partial charge >= 0.3 is 0 Å². The molecule has 10 heteroatoms. The summed E-state index contributed by atoms with van der Waals surface area (Å²) in [4.78, 5) is 53.3. The summed E-state index contributed by atoms with van der Waals surface area (Å²) in [6, 6.07) is 25.8. The van der Waals surface area contributed by atoms with Crippen LogP contribution in [-0.4, -0.2) is 34.4 Å². The van der Waals surface area contributed by atoms with Crippen LogP contribution in [0.4, 0.5) is 10.1 Å². The van der Waals surface area contributed by atoms with Crippen molar-refractivity contribution in [2.24, 2.45) is 0 Å². The molecular weight excluding hydrogens is 565 g/mol. The fraction of sp³-hybridized carbons (Fsp3) is 0.0323. The van der Waals surface area contributed by atoms with Crippen LogP contribution in [0.1, 0.15) is 36.6 Å². The summed E-state index contributed by atoms with van der Waals surface area (Å²) in [5.74, 6) is -2.59. The fourth-order valence-electron chi connectivity index (χ4n) is 4.09. The van der Waals surface area contributed by atoms with Crippen molar-refractivity contribution in [2.75, 3.05) is 11.2 Å². The molecule has 0 fully saturated rings. The highest BCUT2D eigenvalue weighted by molar-refractivity contribution is 7.99. The number of thioether (sulfide) groups is 1. The van der Waals surface area contributed by atoms with Crippen LogP contribution in [0.25, 0.3) is 6.08 Å². The maximum absolute atomic E-state index is 14.5. The van der Waals surface area contributed by atoms with Crippen LogP contribution in [0, 0.1) is 5.82 Å². The zero-order valence-corrected chi connectivity index (χ0v) is 22.8. The van der Waals surface area contributed by atoms with E-state index in [2.05, 4.69) is 10.6 Å². The molecule has 1 aliphatic heterocycles. The lowest BCUT2D eigenvalue weighted by molar-refractivity contribution is -0.113. The number of halogens is 2. The molecular formula is C31H21ClFN3O4S. The Balaban J connectivity index is 1.34. The second kappa shape index (κ2) is 12.2. The van der Waals surface area contributed by atoms with Gasteiger partial charge in [-0.1, -0.05) is 54.1 Å². The van der Waals surface area contributed by atoms with E-state index < -0.39 is 17.6 Å². The molecule has 0 aliphatic carbocycles. The van der Waals surface area contributed by atoms with Crippen molar-refractivity contribution >= 4 is 58.8 Å². The molecule has 5 rings (SSSR count). The van der Waals surface area contributed by atoms with Gasteiger partial charge < -0.3 is 10.6 Å². The summed E-state index contributed by atoms with van der Waals surface area (Å²) in [6.45, 7) is 0. The molecule has 41 heavy (non-hydrogen) atoms. The Bertz CT molecular complexity index is 1660. The highest BCUT2D eigenvalue weighted by Crippen LogP contribution is 2.28. The Morgan fingerprint density at radius 3 is 2.20 bits per heavy atom. The second-order valence-electron chi connectivity index (χ2n) is 8.85. The molecule has 0 aromatic heterocycles. The number of carbonyl (C=O) groups is 4. The number of nitrogens with zero attached hydrogens (tertiary/aromatic N) is 1. The summed E-state index contributed by atoms with van der Waals surface area (Å²) in [5, 5.41) is 5.32. The van der Waals surface area contributed by atoms with Gasteiger partial charge in [0.25, 0.3) is 23.6 Å². The van der Waals surface area contributed by atoms with E-state index in [1.54, 1.807) is 78.9 Å². The number of hydrogen-bond donors (Lipinski definition) is 2. The predicted molar refractivity (Wildman–Crippen MR) is 156 cm³/mol. The second-order valence-corrected chi connectivity index (χ2v) is 10.3. The van der Waals surface area contributed by atoms with Crippen molar-refractivity contribution in [1.82, 2.24) is 10.2 Å². The molecule has 0 unspecified atom stereocenters. The number of rotatable bonds is 8. The Morgan fingerprint density at radius 1 is 0.854 bits per heavy atom. The van der Waals surface area contributed by atoms with E-state index in [-0.39, 0.29) is 34.0 Å². The number of fused-ring (bicyclic) bond motifs is 1. The third kappa shape index (κ3) is 6.21. The number of carbonyl (C=O) groups excluding carboxylic acids is 4. The Morgan fingerprint density at radius 2 is 1.51 bits per heavy atom. The summed E-state index contributed by atoms with van der Waals surface area (Å²) < 4.78 is 14.5. The zero-order chi connectivity index (χ0) is 28.9. The van der Waals surface area contributed by atoms with Gasteiger partial charge in [-0.25, -0.2) is 4.39 Å². The fourth-order valence-corrected chi connectivity index (χ4v) is 5.21. The van der Waals surface area contributed by atoms with E-state index in [1.807, 2.05) is 0 Å². The lowest BCUT2D eigenvalue weighted by Gasteiger charge is -2.14. The van der Waals surface area contributed by atoms with Gasteiger partial charge in [-0.05, 0) is 60.7 Å². The molecule has 1 heterocycles. The van der Waals surface area contributed by atoms with Crippen LogP contribution in [0.2, 0.25) is 5.02 Å². The number of amides is 4. The van der Waals surface area contributed by atoms with Gasteiger partial charge in [0.05, 0.1) is 22.0 Å².